The van der Waals surface area contributed by atoms with Gasteiger partial charge in [0.25, 0.3) is 0 Å². The maximum Gasteiger partial charge on any atom is 0.303 e. The van der Waals surface area contributed by atoms with Crippen molar-refractivity contribution in [3.05, 3.63) is 0 Å². The quantitative estimate of drug-likeness (QED) is 0.736. The van der Waals surface area contributed by atoms with Gasteiger partial charge in [0.2, 0.25) is 0 Å². The summed E-state index contributed by atoms with van der Waals surface area (Å²) in [5, 5.41) is 17.8. The molecule has 0 unspecified atom stereocenters. The van der Waals surface area contributed by atoms with E-state index in [-0.39, 0.29) is 24.7 Å². The van der Waals surface area contributed by atoms with E-state index in [0.29, 0.717) is 0 Å². The average molecular weight is 203 g/mol. The normalized spacial score (nSPS) is 9.57. The maximum absolute atomic E-state index is 9.81. The Morgan fingerprint density at radius 2 is 1.43 bits per heavy atom. The molecule has 0 aromatic carbocycles. The number of hydrogen-bond acceptors (Lipinski definition) is 3. The van der Waals surface area contributed by atoms with Crippen LogP contribution in [-0.2, 0) is 9.59 Å². The Kier molecular flexibility index (Phi) is 9.40. The Balaban J connectivity index is 0. The third-order valence-corrected chi connectivity index (χ3v) is 1.16. The molecule has 4 nitrogen and oxygen atoms in total. The van der Waals surface area contributed by atoms with E-state index in [9.17, 15) is 14.7 Å². The fraction of sp³-hybridized carbons (Fsp3) is 0.800. The zero-order chi connectivity index (χ0) is 11.7. The van der Waals surface area contributed by atoms with Crippen LogP contribution in [0.1, 0.15) is 40.5 Å². The summed E-state index contributed by atoms with van der Waals surface area (Å²) in [7, 11) is 0. The number of rotatable bonds is 4. The molecule has 0 aromatic heterocycles. The first-order valence-electron chi connectivity index (χ1n) is 4.67. The predicted octanol–water partition coefficient (Wildman–Crippen LogP) is 0.899. The lowest BCUT2D eigenvalue weighted by Crippen LogP contribution is -2.23. The van der Waals surface area contributed by atoms with E-state index in [0.717, 1.165) is 0 Å². The molecule has 1 N–H and O–H groups in total. The monoisotopic (exact) mass is 203 g/mol. The molecule has 0 aliphatic carbocycles. The van der Waals surface area contributed by atoms with Crippen molar-refractivity contribution in [3.63, 3.8) is 0 Å². The highest BCUT2D eigenvalue weighted by molar-refractivity contribution is 5.66. The molecule has 0 saturated heterocycles. The smallest absolute Gasteiger partial charge is 0.303 e. The minimum Gasteiger partial charge on any atom is -0.550 e. The molecule has 0 aliphatic rings. The Morgan fingerprint density at radius 1 is 1.07 bits per heavy atom. The summed E-state index contributed by atoms with van der Waals surface area (Å²) in [5.41, 5.74) is 0. The third-order valence-electron chi connectivity index (χ3n) is 1.16. The molecule has 84 valence electrons. The van der Waals surface area contributed by atoms with Crippen LogP contribution in [0.2, 0.25) is 0 Å². The van der Waals surface area contributed by atoms with E-state index in [1.54, 1.807) is 0 Å². The van der Waals surface area contributed by atoms with Gasteiger partial charge in [-0.3, -0.25) is 4.79 Å². The van der Waals surface area contributed by atoms with Crippen molar-refractivity contribution >= 4 is 11.9 Å². The summed E-state index contributed by atoms with van der Waals surface area (Å²) in [4.78, 5) is 19.5. The first kappa shape index (κ1) is 15.4. The van der Waals surface area contributed by atoms with Gasteiger partial charge in [-0.2, -0.15) is 0 Å². The standard InChI is InChI=1S/2C5H10O2/c2*1-4(2)3-5(6)7/h2*4H,3H2,1-2H3,(H,6,7)/p-1. The summed E-state index contributed by atoms with van der Waals surface area (Å²) in [6.07, 6.45) is 0.444. The highest BCUT2D eigenvalue weighted by Gasteiger charge is 1.98. The molecule has 4 heteroatoms. The molecule has 0 saturated carbocycles. The second-order valence-electron chi connectivity index (χ2n) is 3.96. The number of carboxylic acids is 2. The fourth-order valence-electron chi connectivity index (χ4n) is 0.683. The number of carbonyl (C=O) groups is 2. The molecule has 0 amide bonds. The van der Waals surface area contributed by atoms with E-state index in [1.807, 2.05) is 27.7 Å². The van der Waals surface area contributed by atoms with Crippen LogP contribution in [0, 0.1) is 11.8 Å². The Bertz CT molecular complexity index is 153. The molecule has 0 rings (SSSR count). The van der Waals surface area contributed by atoms with Gasteiger partial charge in [-0.15, -0.1) is 0 Å². The molecule has 0 heterocycles. The van der Waals surface area contributed by atoms with Crippen LogP contribution < -0.4 is 5.11 Å². The van der Waals surface area contributed by atoms with E-state index in [2.05, 4.69) is 0 Å². The molecule has 14 heavy (non-hydrogen) atoms. The molecule has 0 spiro atoms. The molecule has 0 fully saturated rings. The van der Waals surface area contributed by atoms with E-state index >= 15 is 0 Å². The van der Waals surface area contributed by atoms with Gasteiger partial charge in [-0.1, -0.05) is 27.7 Å². The molecular formula is C10H19O4-. The number of hydrogen-bond donors (Lipinski definition) is 1. The van der Waals surface area contributed by atoms with Gasteiger partial charge in [-0.25, -0.2) is 0 Å². The zero-order valence-corrected chi connectivity index (χ0v) is 9.24. The summed E-state index contributed by atoms with van der Waals surface area (Å²) < 4.78 is 0. The van der Waals surface area contributed by atoms with Gasteiger partial charge < -0.3 is 15.0 Å². The van der Waals surface area contributed by atoms with Crippen LogP contribution >= 0.6 is 0 Å². The lowest BCUT2D eigenvalue weighted by atomic mass is 10.1. The molecular weight excluding hydrogens is 184 g/mol. The van der Waals surface area contributed by atoms with Crippen LogP contribution in [0.5, 0.6) is 0 Å². The van der Waals surface area contributed by atoms with Crippen molar-refractivity contribution in [2.75, 3.05) is 0 Å². The second-order valence-corrected chi connectivity index (χ2v) is 3.96. The lowest BCUT2D eigenvalue weighted by Gasteiger charge is -2.02. The number of carboxylic acid groups (broad SMARTS) is 2. The Morgan fingerprint density at radius 3 is 1.43 bits per heavy atom. The van der Waals surface area contributed by atoms with Crippen LogP contribution in [0.4, 0.5) is 0 Å². The van der Waals surface area contributed by atoms with Gasteiger partial charge in [0, 0.05) is 12.4 Å². The minimum absolute atomic E-state index is 0.167. The SMILES string of the molecule is CC(C)CC(=O)O.CC(C)CC(=O)[O-]. The van der Waals surface area contributed by atoms with Crippen LogP contribution in [0.15, 0.2) is 0 Å². The molecule has 0 atom stereocenters. The first-order chi connectivity index (χ1) is 6.25. The zero-order valence-electron chi connectivity index (χ0n) is 9.24. The van der Waals surface area contributed by atoms with Crippen molar-refractivity contribution in [2.24, 2.45) is 11.8 Å². The summed E-state index contributed by atoms with van der Waals surface area (Å²) in [6.45, 7) is 7.45. The lowest BCUT2D eigenvalue weighted by molar-refractivity contribution is -0.306. The highest BCUT2D eigenvalue weighted by Crippen LogP contribution is 1.96. The predicted molar refractivity (Wildman–Crippen MR) is 51.6 cm³/mol. The van der Waals surface area contributed by atoms with Crippen molar-refractivity contribution in [1.82, 2.24) is 0 Å². The summed E-state index contributed by atoms with van der Waals surface area (Å²) in [6, 6.07) is 0. The van der Waals surface area contributed by atoms with Crippen molar-refractivity contribution < 1.29 is 19.8 Å². The van der Waals surface area contributed by atoms with Crippen LogP contribution in [0.25, 0.3) is 0 Å². The van der Waals surface area contributed by atoms with Gasteiger partial charge >= 0.3 is 5.97 Å². The number of aliphatic carboxylic acids is 2. The minimum atomic E-state index is -0.963. The molecule has 0 bridgehead atoms. The molecule has 0 radical (unpaired) electrons. The van der Waals surface area contributed by atoms with Crippen LogP contribution in [-0.4, -0.2) is 17.0 Å². The largest absolute Gasteiger partial charge is 0.550 e. The van der Waals surface area contributed by atoms with E-state index in [4.69, 9.17) is 5.11 Å². The van der Waals surface area contributed by atoms with Crippen molar-refractivity contribution in [3.8, 4) is 0 Å². The van der Waals surface area contributed by atoms with Gasteiger partial charge in [0.15, 0.2) is 0 Å². The maximum atomic E-state index is 9.81. The van der Waals surface area contributed by atoms with Crippen molar-refractivity contribution in [1.29, 1.82) is 0 Å². The van der Waals surface area contributed by atoms with Gasteiger partial charge in [-0.05, 0) is 18.3 Å². The average Bonchev–Trinajstić information content (AvgIpc) is 1.79. The first-order valence-corrected chi connectivity index (χ1v) is 4.67. The summed E-state index contributed by atoms with van der Waals surface area (Å²) in [5.74, 6) is -1.19. The highest BCUT2D eigenvalue weighted by atomic mass is 16.4. The molecule has 0 aromatic rings. The second kappa shape index (κ2) is 8.53. The van der Waals surface area contributed by atoms with E-state index < -0.39 is 11.9 Å². The fourth-order valence-corrected chi connectivity index (χ4v) is 0.683. The van der Waals surface area contributed by atoms with E-state index in [1.165, 1.54) is 0 Å². The topological polar surface area (TPSA) is 77.4 Å². The van der Waals surface area contributed by atoms with Gasteiger partial charge in [0.05, 0.1) is 0 Å². The third kappa shape index (κ3) is 22.4. The molecule has 0 aliphatic heterocycles. The van der Waals surface area contributed by atoms with Gasteiger partial charge in [0.1, 0.15) is 0 Å². The summed E-state index contributed by atoms with van der Waals surface area (Å²) >= 11 is 0. The van der Waals surface area contributed by atoms with Crippen LogP contribution in [0.3, 0.4) is 0 Å². The Labute approximate surface area is 84.9 Å². The number of carbonyl (C=O) groups excluding carboxylic acids is 1. The Hall–Kier alpha value is -1.06. The van der Waals surface area contributed by atoms with Crippen molar-refractivity contribution in [2.45, 2.75) is 40.5 Å².